The van der Waals surface area contributed by atoms with Gasteiger partial charge in [-0.05, 0) is 30.0 Å². The second kappa shape index (κ2) is 7.01. The number of nitrogens with zero attached hydrogens (tertiary/aromatic N) is 1. The molecule has 2 heterocycles. The molecule has 0 atom stereocenters. The predicted molar refractivity (Wildman–Crippen MR) is 101 cm³/mol. The third kappa shape index (κ3) is 3.38. The van der Waals surface area contributed by atoms with Crippen molar-refractivity contribution in [3.05, 3.63) is 71.4 Å². The summed E-state index contributed by atoms with van der Waals surface area (Å²) in [5.41, 5.74) is 5.10. The van der Waals surface area contributed by atoms with Crippen LogP contribution in [0.4, 0.5) is 4.79 Å². The van der Waals surface area contributed by atoms with E-state index in [0.29, 0.717) is 6.54 Å². The van der Waals surface area contributed by atoms with Crippen LogP contribution in [0.1, 0.15) is 16.8 Å². The molecule has 3 aromatic rings. The second-order valence-electron chi connectivity index (χ2n) is 6.58. The van der Waals surface area contributed by atoms with Gasteiger partial charge in [-0.15, -0.1) is 0 Å². The highest BCUT2D eigenvalue weighted by Gasteiger charge is 2.20. The Morgan fingerprint density at radius 1 is 1.00 bits per heavy atom. The molecule has 2 amide bonds. The summed E-state index contributed by atoms with van der Waals surface area (Å²) in [5.74, 6) is 0. The van der Waals surface area contributed by atoms with E-state index in [9.17, 15) is 4.79 Å². The van der Waals surface area contributed by atoms with E-state index in [1.807, 2.05) is 23.1 Å². The summed E-state index contributed by atoms with van der Waals surface area (Å²) in [7, 11) is 0. The average Bonchev–Trinajstić information content (AvgIpc) is 2.86. The molecule has 4 rings (SSSR count). The van der Waals surface area contributed by atoms with E-state index >= 15 is 0 Å². The molecule has 2 N–H and O–H groups in total. The maximum absolute atomic E-state index is 12.5. The van der Waals surface area contributed by atoms with Crippen LogP contribution >= 0.6 is 0 Å². The fourth-order valence-electron chi connectivity index (χ4n) is 3.63. The highest BCUT2D eigenvalue weighted by molar-refractivity contribution is 5.85. The number of H-pyrrole nitrogens is 1. The number of aromatic nitrogens is 1. The number of rotatable bonds is 3. The molecule has 25 heavy (non-hydrogen) atoms. The molecule has 0 fully saturated rings. The Balaban J connectivity index is 1.35. The summed E-state index contributed by atoms with van der Waals surface area (Å²) in [6, 6.07) is 18.7. The Morgan fingerprint density at radius 2 is 1.76 bits per heavy atom. The molecule has 0 spiro atoms. The molecule has 128 valence electrons. The predicted octanol–water partition coefficient (Wildman–Crippen LogP) is 3.52. The number of benzene rings is 2. The van der Waals surface area contributed by atoms with Gasteiger partial charge < -0.3 is 15.2 Å². The molecule has 0 saturated carbocycles. The summed E-state index contributed by atoms with van der Waals surface area (Å²) in [5, 5.41) is 4.36. The van der Waals surface area contributed by atoms with Crippen LogP contribution in [-0.4, -0.2) is 35.5 Å². The van der Waals surface area contributed by atoms with Crippen LogP contribution in [0.25, 0.3) is 10.9 Å². The minimum Gasteiger partial charge on any atom is -0.358 e. The van der Waals surface area contributed by atoms with Crippen molar-refractivity contribution < 1.29 is 4.79 Å². The van der Waals surface area contributed by atoms with E-state index in [4.69, 9.17) is 0 Å². The van der Waals surface area contributed by atoms with Crippen molar-refractivity contribution in [2.24, 2.45) is 0 Å². The van der Waals surface area contributed by atoms with Crippen molar-refractivity contribution in [2.75, 3.05) is 19.6 Å². The van der Waals surface area contributed by atoms with Crippen molar-refractivity contribution >= 4 is 16.9 Å². The molecular weight excluding hydrogens is 310 g/mol. The van der Waals surface area contributed by atoms with Gasteiger partial charge in [0.05, 0.1) is 0 Å². The first-order chi connectivity index (χ1) is 12.3. The number of carbonyl (C=O) groups is 1. The van der Waals surface area contributed by atoms with Crippen molar-refractivity contribution in [1.29, 1.82) is 0 Å². The Kier molecular flexibility index (Phi) is 4.42. The first-order valence-electron chi connectivity index (χ1n) is 8.96. The zero-order valence-electron chi connectivity index (χ0n) is 14.3. The number of aromatic amines is 1. The third-order valence-corrected chi connectivity index (χ3v) is 4.99. The van der Waals surface area contributed by atoms with Crippen LogP contribution in [0.3, 0.4) is 0 Å². The highest BCUT2D eigenvalue weighted by atomic mass is 16.2. The number of carbonyl (C=O) groups excluding carboxylic acids is 1. The smallest absolute Gasteiger partial charge is 0.317 e. The maximum Gasteiger partial charge on any atom is 0.317 e. The van der Waals surface area contributed by atoms with E-state index in [0.717, 1.165) is 32.4 Å². The summed E-state index contributed by atoms with van der Waals surface area (Å²) in [6.45, 7) is 2.20. The Labute approximate surface area is 147 Å². The zero-order chi connectivity index (χ0) is 17.1. The van der Waals surface area contributed by atoms with Gasteiger partial charge in [-0.3, -0.25) is 0 Å². The normalized spacial score (nSPS) is 14.2. The van der Waals surface area contributed by atoms with Crippen molar-refractivity contribution in [2.45, 2.75) is 19.3 Å². The maximum atomic E-state index is 12.5. The van der Waals surface area contributed by atoms with E-state index in [2.05, 4.69) is 46.7 Å². The molecule has 0 aliphatic carbocycles. The molecule has 1 aliphatic rings. The summed E-state index contributed by atoms with van der Waals surface area (Å²) in [6.07, 6.45) is 2.66. The van der Waals surface area contributed by atoms with Crippen LogP contribution in [0, 0.1) is 0 Å². The summed E-state index contributed by atoms with van der Waals surface area (Å²) >= 11 is 0. The fourth-order valence-corrected chi connectivity index (χ4v) is 3.63. The molecule has 0 unspecified atom stereocenters. The molecule has 4 heteroatoms. The monoisotopic (exact) mass is 333 g/mol. The minimum atomic E-state index is 0.0467. The van der Waals surface area contributed by atoms with Gasteiger partial charge in [-0.1, -0.05) is 48.5 Å². The molecular formula is C21H23N3O. The number of para-hydroxylation sites is 1. The number of hydrogen-bond acceptors (Lipinski definition) is 1. The van der Waals surface area contributed by atoms with Gasteiger partial charge in [0.1, 0.15) is 0 Å². The van der Waals surface area contributed by atoms with Crippen LogP contribution in [0.15, 0.2) is 54.6 Å². The van der Waals surface area contributed by atoms with Crippen LogP contribution in [-0.2, 0) is 19.3 Å². The van der Waals surface area contributed by atoms with E-state index < -0.39 is 0 Å². The van der Waals surface area contributed by atoms with E-state index in [-0.39, 0.29) is 6.03 Å². The van der Waals surface area contributed by atoms with Gasteiger partial charge in [-0.2, -0.15) is 0 Å². The number of urea groups is 1. The van der Waals surface area contributed by atoms with Gasteiger partial charge >= 0.3 is 6.03 Å². The molecule has 0 saturated heterocycles. The van der Waals surface area contributed by atoms with Gasteiger partial charge in [0, 0.05) is 42.7 Å². The third-order valence-electron chi connectivity index (χ3n) is 4.99. The average molecular weight is 333 g/mol. The van der Waals surface area contributed by atoms with Crippen LogP contribution in [0.5, 0.6) is 0 Å². The van der Waals surface area contributed by atoms with Crippen molar-refractivity contribution in [3.63, 3.8) is 0 Å². The molecule has 1 aromatic heterocycles. The first kappa shape index (κ1) is 15.8. The van der Waals surface area contributed by atoms with Crippen molar-refractivity contribution in [1.82, 2.24) is 15.2 Å². The lowest BCUT2D eigenvalue weighted by Crippen LogP contribution is -2.42. The largest absolute Gasteiger partial charge is 0.358 e. The Hall–Kier alpha value is -2.75. The quantitative estimate of drug-likeness (QED) is 0.757. The lowest BCUT2D eigenvalue weighted by atomic mass is 10.1. The fraction of sp³-hybridized carbons (Fsp3) is 0.286. The molecule has 4 nitrogen and oxygen atoms in total. The lowest BCUT2D eigenvalue weighted by molar-refractivity contribution is 0.200. The summed E-state index contributed by atoms with van der Waals surface area (Å²) in [4.78, 5) is 17.9. The number of nitrogens with one attached hydrogen (secondary N) is 2. The van der Waals surface area contributed by atoms with Gasteiger partial charge in [-0.25, -0.2) is 4.79 Å². The molecule has 1 aliphatic heterocycles. The number of fused-ring (bicyclic) bond motifs is 3. The second-order valence-corrected chi connectivity index (χ2v) is 6.58. The SMILES string of the molecule is O=C(NCCc1ccccc1)N1CCc2[nH]c3ccccc3c2CC1. The van der Waals surface area contributed by atoms with E-state index in [1.165, 1.54) is 27.7 Å². The molecule has 0 bridgehead atoms. The highest BCUT2D eigenvalue weighted by Crippen LogP contribution is 2.25. The Morgan fingerprint density at radius 3 is 2.64 bits per heavy atom. The summed E-state index contributed by atoms with van der Waals surface area (Å²) < 4.78 is 0. The lowest BCUT2D eigenvalue weighted by Gasteiger charge is -2.21. The zero-order valence-corrected chi connectivity index (χ0v) is 14.3. The number of amides is 2. The molecule has 2 aromatic carbocycles. The van der Waals surface area contributed by atoms with Crippen LogP contribution < -0.4 is 5.32 Å². The van der Waals surface area contributed by atoms with E-state index in [1.54, 1.807) is 0 Å². The Bertz CT molecular complexity index is 869. The van der Waals surface area contributed by atoms with Gasteiger partial charge in [0.2, 0.25) is 0 Å². The first-order valence-corrected chi connectivity index (χ1v) is 8.96. The standard InChI is InChI=1S/C21H23N3O/c25-21(22-13-10-16-6-2-1-3-7-16)24-14-11-18-17-8-4-5-9-19(17)23-20(18)12-15-24/h1-9,23H,10-15H2,(H,22,25). The topological polar surface area (TPSA) is 48.1 Å². The van der Waals surface area contributed by atoms with Crippen LogP contribution in [0.2, 0.25) is 0 Å². The van der Waals surface area contributed by atoms with Gasteiger partial charge in [0.15, 0.2) is 0 Å². The number of hydrogen-bond donors (Lipinski definition) is 2. The van der Waals surface area contributed by atoms with Gasteiger partial charge in [0.25, 0.3) is 0 Å². The minimum absolute atomic E-state index is 0.0467. The van der Waals surface area contributed by atoms with Crippen molar-refractivity contribution in [3.8, 4) is 0 Å². The molecule has 0 radical (unpaired) electrons.